The molecule has 10 nitrogen and oxygen atoms in total. The predicted molar refractivity (Wildman–Crippen MR) is 92.2 cm³/mol. The van der Waals surface area contributed by atoms with Gasteiger partial charge in [0.1, 0.15) is 43.0 Å². The molecule has 3 fully saturated rings. The molecule has 0 saturated carbocycles. The molecule has 0 aliphatic carbocycles. The molecule has 3 aliphatic heterocycles. The van der Waals surface area contributed by atoms with E-state index in [1.54, 1.807) is 13.8 Å². The van der Waals surface area contributed by atoms with Crippen LogP contribution >= 0.6 is 14.2 Å². The van der Waals surface area contributed by atoms with Gasteiger partial charge in [0.15, 0.2) is 7.57 Å². The zero-order chi connectivity index (χ0) is 19.3. The number of ether oxygens (including phenoxy) is 2. The van der Waals surface area contributed by atoms with Gasteiger partial charge in [-0.15, -0.1) is 0 Å². The highest BCUT2D eigenvalue weighted by atomic mass is 32.4. The first-order chi connectivity index (χ1) is 12.0. The van der Waals surface area contributed by atoms with E-state index >= 15 is 0 Å². The lowest BCUT2D eigenvalue weighted by Crippen LogP contribution is -2.39. The molecule has 3 rings (SSSR count). The van der Waals surface area contributed by atoms with Crippen molar-refractivity contribution < 1.29 is 47.2 Å². The van der Waals surface area contributed by atoms with Crippen molar-refractivity contribution in [3.05, 3.63) is 0 Å². The molecule has 0 aromatic rings. The van der Waals surface area contributed by atoms with Crippen molar-refractivity contribution in [2.75, 3.05) is 13.2 Å². The van der Waals surface area contributed by atoms with Crippen molar-refractivity contribution in [3.8, 4) is 0 Å². The first kappa shape index (κ1) is 21.3. The van der Waals surface area contributed by atoms with E-state index in [0.29, 0.717) is 0 Å². The van der Waals surface area contributed by atoms with Crippen LogP contribution in [0.5, 0.6) is 0 Å². The lowest BCUT2D eigenvalue weighted by atomic mass is 10.1. The maximum absolute atomic E-state index is 12.3. The Morgan fingerprint density at radius 3 is 1.96 bits per heavy atom. The van der Waals surface area contributed by atoms with Crippen LogP contribution in [-0.4, -0.2) is 84.7 Å². The number of phosphoric acid groups is 1. The third-order valence-electron chi connectivity index (χ3n) is 4.49. The summed E-state index contributed by atoms with van der Waals surface area (Å²) in [5.41, 5.74) is 0. The van der Waals surface area contributed by atoms with Crippen molar-refractivity contribution in [1.29, 1.82) is 0 Å². The average molecular weight is 430 g/mol. The first-order valence-corrected chi connectivity index (χ1v) is 12.2. The lowest BCUT2D eigenvalue weighted by molar-refractivity contribution is -0.0407. The highest BCUT2D eigenvalue weighted by Gasteiger charge is 2.49. The minimum atomic E-state index is -4.55. The van der Waals surface area contributed by atoms with Gasteiger partial charge >= 0.3 is 7.82 Å². The van der Waals surface area contributed by atoms with Gasteiger partial charge in [0.25, 0.3) is 0 Å². The second-order valence-corrected chi connectivity index (χ2v) is 11.0. The molecule has 2 radical (unpaired) electrons. The second-order valence-electron chi connectivity index (χ2n) is 6.48. The Morgan fingerprint density at radius 1 is 0.962 bits per heavy atom. The molecule has 3 aliphatic rings. The summed E-state index contributed by atoms with van der Waals surface area (Å²) in [5, 5.41) is 20.4. The maximum atomic E-state index is 12.3. The fourth-order valence-corrected chi connectivity index (χ4v) is 5.56. The molecule has 3 N–H and O–H groups in total. The Bertz CT molecular complexity index is 573. The van der Waals surface area contributed by atoms with Crippen LogP contribution in [0.2, 0.25) is 0 Å². The molecule has 148 valence electrons. The van der Waals surface area contributed by atoms with Crippen LogP contribution in [0.1, 0.15) is 13.8 Å². The van der Waals surface area contributed by atoms with E-state index in [0.717, 1.165) is 0 Å². The Balaban J connectivity index is 1.85. The van der Waals surface area contributed by atoms with E-state index in [1.165, 1.54) is 0 Å². The zero-order valence-electron chi connectivity index (χ0n) is 14.1. The predicted octanol–water partition coefficient (Wildman–Crippen LogP) is -0.407. The lowest BCUT2D eigenvalue weighted by Gasteiger charge is -2.31. The number of rotatable bonds is 0. The van der Waals surface area contributed by atoms with Crippen molar-refractivity contribution in [3.63, 3.8) is 0 Å². The highest BCUT2D eigenvalue weighted by Crippen LogP contribution is 2.52. The fourth-order valence-electron chi connectivity index (χ4n) is 3.10. The number of aliphatic hydroxyl groups excluding tert-OH is 2. The molecular weight excluding hydrogens is 409 g/mol. The molecular formula is C12H21BO10P2S. The Kier molecular flexibility index (Phi) is 6.37. The number of aliphatic hydroxyl groups is 2. The second kappa shape index (κ2) is 7.78. The van der Waals surface area contributed by atoms with Crippen molar-refractivity contribution >= 4 is 33.6 Å². The third kappa shape index (κ3) is 4.59. The molecule has 0 aromatic carbocycles. The van der Waals surface area contributed by atoms with Crippen LogP contribution in [0.3, 0.4) is 0 Å². The van der Waals surface area contributed by atoms with E-state index in [4.69, 9.17) is 46.9 Å². The van der Waals surface area contributed by atoms with E-state index < -0.39 is 69.6 Å². The number of phosphoric ester groups is 1. The number of fused-ring (bicyclic) bond motifs is 2. The summed E-state index contributed by atoms with van der Waals surface area (Å²) < 4.78 is 44.4. The highest BCUT2D eigenvalue weighted by molar-refractivity contribution is 8.21. The summed E-state index contributed by atoms with van der Waals surface area (Å²) in [7, 11) is 1.38. The zero-order valence-corrected chi connectivity index (χ0v) is 16.7. The summed E-state index contributed by atoms with van der Waals surface area (Å²) in [6, 6.07) is 0. The van der Waals surface area contributed by atoms with Gasteiger partial charge in [0.2, 0.25) is 0 Å². The Labute approximate surface area is 157 Å². The van der Waals surface area contributed by atoms with Gasteiger partial charge in [0.05, 0.1) is 25.4 Å². The normalized spacial score (nSPS) is 56.2. The summed E-state index contributed by atoms with van der Waals surface area (Å²) in [6.07, 6.45) is -10.8. The van der Waals surface area contributed by atoms with Crippen molar-refractivity contribution in [1.82, 2.24) is 0 Å². The molecule has 4 unspecified atom stereocenters. The molecule has 0 spiro atoms. The monoisotopic (exact) mass is 430 g/mol. The van der Waals surface area contributed by atoms with Gasteiger partial charge in [-0.1, -0.05) is 0 Å². The van der Waals surface area contributed by atoms with Gasteiger partial charge in [-0.2, -0.15) is 0 Å². The summed E-state index contributed by atoms with van der Waals surface area (Å²) >= 11 is 5.18. The van der Waals surface area contributed by atoms with Crippen LogP contribution in [-0.2, 0) is 43.9 Å². The minimum absolute atomic E-state index is 0.232. The largest absolute Gasteiger partial charge is 0.472 e. The molecule has 0 amide bonds. The Morgan fingerprint density at radius 2 is 1.42 bits per heavy atom. The van der Waals surface area contributed by atoms with Gasteiger partial charge in [-0.25, -0.2) is 4.57 Å². The van der Waals surface area contributed by atoms with Crippen LogP contribution in [0, 0.1) is 0 Å². The van der Waals surface area contributed by atoms with E-state index in [-0.39, 0.29) is 6.61 Å². The summed E-state index contributed by atoms with van der Waals surface area (Å²) in [6.45, 7) is 2.53. The van der Waals surface area contributed by atoms with Crippen LogP contribution in [0.4, 0.5) is 0 Å². The fraction of sp³-hybridized carbons (Fsp3) is 1.00. The van der Waals surface area contributed by atoms with E-state index in [2.05, 4.69) is 0 Å². The molecule has 0 aromatic heterocycles. The maximum Gasteiger partial charge on any atom is 0.472 e. The standard InChI is InChI=1S/C12H21BO10P2S/c1-5-9(14)11-8(21-5)4-19-25(16,17)23-12-7(20-6(2)10(12)15)3-18-24(13,26)22-11/h5-12,14-15H,3-4H2,1-2H3,(H,16,17)/t5-,6-,7+,8+,9?,10?,11-,12-,24?/m0/s1. The topological polar surface area (TPSA) is 133 Å². The van der Waals surface area contributed by atoms with Gasteiger partial charge in [-0.05, 0) is 25.7 Å². The molecule has 26 heavy (non-hydrogen) atoms. The molecule has 14 heteroatoms. The van der Waals surface area contributed by atoms with Gasteiger partial charge in [-0.3, -0.25) is 9.05 Å². The molecule has 10 atom stereocenters. The van der Waals surface area contributed by atoms with Gasteiger partial charge < -0.3 is 33.6 Å². The van der Waals surface area contributed by atoms with E-state index in [1.807, 2.05) is 0 Å². The number of hydrogen-bond acceptors (Lipinski definition) is 10. The van der Waals surface area contributed by atoms with Crippen molar-refractivity contribution in [2.24, 2.45) is 0 Å². The van der Waals surface area contributed by atoms with Crippen molar-refractivity contribution in [2.45, 2.75) is 62.7 Å². The average Bonchev–Trinajstić information content (AvgIpc) is 2.95. The first-order valence-electron chi connectivity index (χ1n) is 8.03. The quantitative estimate of drug-likeness (QED) is 0.342. The van der Waals surface area contributed by atoms with Gasteiger partial charge in [0, 0.05) is 0 Å². The minimum Gasteiger partial charge on any atom is -0.388 e. The number of hydrogen-bond donors (Lipinski definition) is 3. The summed E-state index contributed by atoms with van der Waals surface area (Å²) in [4.78, 5) is 9.97. The Hall–Kier alpha value is 0.585. The van der Waals surface area contributed by atoms with Crippen LogP contribution < -0.4 is 0 Å². The summed E-state index contributed by atoms with van der Waals surface area (Å²) in [5.74, 6) is 0. The third-order valence-corrected chi connectivity index (χ3v) is 7.10. The van der Waals surface area contributed by atoms with E-state index in [9.17, 15) is 19.7 Å². The smallest absolute Gasteiger partial charge is 0.388 e. The van der Waals surface area contributed by atoms with Crippen LogP contribution in [0.25, 0.3) is 0 Å². The molecule has 0 bridgehead atoms. The molecule has 3 heterocycles. The SMILES string of the molecule is [B]P1(=S)OC[C@H]2O[C@@H](C)C(O)[C@H]2OP(=O)(O)OC[C@H]2O[C@@H](C)C(O)[C@H]2O1. The van der Waals surface area contributed by atoms with Crippen LogP contribution in [0.15, 0.2) is 0 Å². The molecule has 3 saturated heterocycles.